The van der Waals surface area contributed by atoms with Crippen LogP contribution in [-0.4, -0.2) is 39.1 Å². The molecule has 0 bridgehead atoms. The molecule has 0 aromatic carbocycles. The van der Waals surface area contributed by atoms with E-state index in [0.717, 1.165) is 27.0 Å². The maximum Gasteiger partial charge on any atom is 0.179 e. The van der Waals surface area contributed by atoms with E-state index in [1.165, 1.54) is 19.4 Å². The summed E-state index contributed by atoms with van der Waals surface area (Å²) in [5.41, 5.74) is 1.94. The zero-order valence-electron chi connectivity index (χ0n) is 10.2. The lowest BCUT2D eigenvalue weighted by Crippen LogP contribution is -2.29. The molecule has 0 saturated carbocycles. The lowest BCUT2D eigenvalue weighted by molar-refractivity contribution is 0.283. The molecule has 18 heavy (non-hydrogen) atoms. The fourth-order valence-electron chi connectivity index (χ4n) is 2.61. The number of H-pyrrole nitrogens is 1. The van der Waals surface area contributed by atoms with Crippen molar-refractivity contribution in [2.75, 3.05) is 13.6 Å². The number of halogens is 1. The second-order valence-corrected chi connectivity index (χ2v) is 6.14. The van der Waals surface area contributed by atoms with Crippen LogP contribution in [0.3, 0.4) is 0 Å². The van der Waals surface area contributed by atoms with Crippen molar-refractivity contribution in [2.45, 2.75) is 25.4 Å². The van der Waals surface area contributed by atoms with Gasteiger partial charge in [0.05, 0.1) is 5.52 Å². The predicted octanol–water partition coefficient (Wildman–Crippen LogP) is 2.95. The van der Waals surface area contributed by atoms with Crippen LogP contribution in [0.15, 0.2) is 16.7 Å². The molecule has 1 atom stereocenters. The number of nitrogens with zero attached hydrogens (tertiary/aromatic N) is 3. The van der Waals surface area contributed by atoms with Crippen molar-refractivity contribution < 1.29 is 0 Å². The molecule has 4 nitrogen and oxygen atoms in total. The Morgan fingerprint density at radius 3 is 3.17 bits per heavy atom. The molecule has 1 unspecified atom stereocenters. The van der Waals surface area contributed by atoms with Gasteiger partial charge in [-0.1, -0.05) is 0 Å². The van der Waals surface area contributed by atoms with Gasteiger partial charge in [-0.05, 0) is 60.6 Å². The van der Waals surface area contributed by atoms with Crippen LogP contribution in [-0.2, 0) is 6.54 Å². The molecule has 1 N–H and O–H groups in total. The highest BCUT2D eigenvalue weighted by molar-refractivity contribution is 9.10. The standard InChI is InChI=1S/C12H15BrN4S/c1-16-4-2-3-9(16)7-17-11-10(15-12(17)18)5-8(13)6-14-11/h5-6,9H,2-4,7H2,1H3,(H,15,18). The van der Waals surface area contributed by atoms with Crippen LogP contribution in [0.1, 0.15) is 12.8 Å². The third kappa shape index (κ3) is 2.13. The first-order valence-electron chi connectivity index (χ1n) is 6.09. The summed E-state index contributed by atoms with van der Waals surface area (Å²) in [4.78, 5) is 10.1. The lowest BCUT2D eigenvalue weighted by Gasteiger charge is -2.19. The van der Waals surface area contributed by atoms with E-state index in [1.807, 2.05) is 12.3 Å². The average Bonchev–Trinajstić information content (AvgIpc) is 2.85. The van der Waals surface area contributed by atoms with Gasteiger partial charge < -0.3 is 9.88 Å². The number of imidazole rings is 1. The number of aromatic amines is 1. The highest BCUT2D eigenvalue weighted by Gasteiger charge is 2.22. The van der Waals surface area contributed by atoms with Crippen molar-refractivity contribution in [3.63, 3.8) is 0 Å². The van der Waals surface area contributed by atoms with Crippen LogP contribution in [0.4, 0.5) is 0 Å². The van der Waals surface area contributed by atoms with E-state index in [2.05, 4.69) is 42.4 Å². The minimum atomic E-state index is 0.571. The Morgan fingerprint density at radius 2 is 2.44 bits per heavy atom. The summed E-state index contributed by atoms with van der Waals surface area (Å²) in [6.07, 6.45) is 4.33. The number of aromatic nitrogens is 3. The third-order valence-electron chi connectivity index (χ3n) is 3.64. The molecule has 1 aliphatic heterocycles. The number of nitrogens with one attached hydrogen (secondary N) is 1. The topological polar surface area (TPSA) is 36.9 Å². The molecule has 0 aliphatic carbocycles. The van der Waals surface area contributed by atoms with Gasteiger partial charge >= 0.3 is 0 Å². The minimum Gasteiger partial charge on any atom is -0.329 e. The van der Waals surface area contributed by atoms with Crippen LogP contribution >= 0.6 is 28.1 Å². The van der Waals surface area contributed by atoms with E-state index in [0.29, 0.717) is 6.04 Å². The molecule has 2 aromatic rings. The molecular formula is C12H15BrN4S. The zero-order chi connectivity index (χ0) is 12.7. The van der Waals surface area contributed by atoms with Crippen molar-refractivity contribution in [2.24, 2.45) is 0 Å². The first-order chi connectivity index (χ1) is 8.65. The first kappa shape index (κ1) is 12.3. The Labute approximate surface area is 119 Å². The molecule has 1 aliphatic rings. The van der Waals surface area contributed by atoms with Gasteiger partial charge in [-0.2, -0.15) is 0 Å². The van der Waals surface area contributed by atoms with E-state index in [9.17, 15) is 0 Å². The summed E-state index contributed by atoms with van der Waals surface area (Å²) in [5, 5.41) is 0. The second-order valence-electron chi connectivity index (χ2n) is 4.84. The number of likely N-dealkylation sites (N-methyl/N-ethyl adjacent to an activating group) is 1. The van der Waals surface area contributed by atoms with Crippen molar-refractivity contribution in [1.29, 1.82) is 0 Å². The molecule has 0 amide bonds. The fraction of sp³-hybridized carbons (Fsp3) is 0.500. The van der Waals surface area contributed by atoms with Crippen LogP contribution in [0, 0.1) is 4.77 Å². The molecule has 0 spiro atoms. The molecule has 1 saturated heterocycles. The van der Waals surface area contributed by atoms with Crippen LogP contribution in [0.2, 0.25) is 0 Å². The summed E-state index contributed by atoms with van der Waals surface area (Å²) in [6.45, 7) is 2.10. The third-order valence-corrected chi connectivity index (χ3v) is 4.40. The molecular weight excluding hydrogens is 312 g/mol. The molecule has 3 rings (SSSR count). The summed E-state index contributed by atoms with van der Waals surface area (Å²) in [5.74, 6) is 0. The van der Waals surface area contributed by atoms with Crippen LogP contribution in [0.5, 0.6) is 0 Å². The molecule has 0 radical (unpaired) electrons. The maximum atomic E-state index is 5.40. The summed E-state index contributed by atoms with van der Waals surface area (Å²) in [6, 6.07) is 2.59. The predicted molar refractivity (Wildman–Crippen MR) is 78.3 cm³/mol. The second kappa shape index (κ2) is 4.75. The SMILES string of the molecule is CN1CCCC1Cn1c(=S)[nH]c2cc(Br)cnc21. The van der Waals surface area contributed by atoms with Crippen molar-refractivity contribution in [1.82, 2.24) is 19.4 Å². The van der Waals surface area contributed by atoms with E-state index in [4.69, 9.17) is 12.2 Å². The summed E-state index contributed by atoms with van der Waals surface area (Å²) >= 11 is 8.83. The Hall–Kier alpha value is -0.720. The Balaban J connectivity index is 2.01. The normalized spacial score (nSPS) is 20.9. The average molecular weight is 327 g/mol. The highest BCUT2D eigenvalue weighted by Crippen LogP contribution is 2.21. The minimum absolute atomic E-state index is 0.571. The summed E-state index contributed by atoms with van der Waals surface area (Å²) in [7, 11) is 2.18. The Morgan fingerprint density at radius 1 is 1.61 bits per heavy atom. The molecule has 96 valence electrons. The number of hydrogen-bond acceptors (Lipinski definition) is 3. The number of likely N-dealkylation sites (tertiary alicyclic amines) is 1. The van der Waals surface area contributed by atoms with Gasteiger partial charge in [-0.3, -0.25) is 4.57 Å². The van der Waals surface area contributed by atoms with Gasteiger partial charge in [0.25, 0.3) is 0 Å². The number of pyridine rings is 1. The molecule has 2 aromatic heterocycles. The maximum absolute atomic E-state index is 5.40. The van der Waals surface area contributed by atoms with Gasteiger partial charge in [0.1, 0.15) is 0 Å². The number of rotatable bonds is 2. The zero-order valence-corrected chi connectivity index (χ0v) is 12.6. The van der Waals surface area contributed by atoms with Gasteiger partial charge in [-0.15, -0.1) is 0 Å². The van der Waals surface area contributed by atoms with E-state index in [-0.39, 0.29) is 0 Å². The number of hydrogen-bond donors (Lipinski definition) is 1. The highest BCUT2D eigenvalue weighted by atomic mass is 79.9. The van der Waals surface area contributed by atoms with E-state index >= 15 is 0 Å². The quantitative estimate of drug-likeness (QED) is 0.862. The molecule has 1 fully saturated rings. The molecule has 3 heterocycles. The monoisotopic (exact) mass is 326 g/mol. The largest absolute Gasteiger partial charge is 0.329 e. The molecule has 6 heteroatoms. The van der Waals surface area contributed by atoms with Crippen LogP contribution in [0.25, 0.3) is 11.2 Å². The van der Waals surface area contributed by atoms with E-state index in [1.54, 1.807) is 0 Å². The van der Waals surface area contributed by atoms with Gasteiger partial charge in [0.15, 0.2) is 10.4 Å². The lowest BCUT2D eigenvalue weighted by atomic mass is 10.2. The van der Waals surface area contributed by atoms with E-state index < -0.39 is 0 Å². The van der Waals surface area contributed by atoms with Crippen molar-refractivity contribution in [3.8, 4) is 0 Å². The van der Waals surface area contributed by atoms with Crippen LogP contribution < -0.4 is 0 Å². The fourth-order valence-corrected chi connectivity index (χ4v) is 3.21. The Bertz CT molecular complexity index is 633. The smallest absolute Gasteiger partial charge is 0.179 e. The van der Waals surface area contributed by atoms with Gasteiger partial charge in [-0.25, -0.2) is 4.98 Å². The van der Waals surface area contributed by atoms with Gasteiger partial charge in [0.2, 0.25) is 0 Å². The van der Waals surface area contributed by atoms with Crippen molar-refractivity contribution in [3.05, 3.63) is 21.5 Å². The summed E-state index contributed by atoms with van der Waals surface area (Å²) < 4.78 is 3.84. The Kier molecular flexibility index (Phi) is 3.25. The van der Waals surface area contributed by atoms with Gasteiger partial charge in [0, 0.05) is 23.3 Å². The van der Waals surface area contributed by atoms with Crippen molar-refractivity contribution >= 4 is 39.3 Å². The number of fused-ring (bicyclic) bond motifs is 1. The first-order valence-corrected chi connectivity index (χ1v) is 7.29.